The van der Waals surface area contributed by atoms with Gasteiger partial charge in [-0.2, -0.15) is 28.5 Å². The maximum atomic E-state index is 13.0. The molecule has 7 nitrogen and oxygen atoms in total. The van der Waals surface area contributed by atoms with Crippen LogP contribution in [0.2, 0.25) is 5.15 Å². The third kappa shape index (κ3) is 3.61. The quantitative estimate of drug-likeness (QED) is 0.834. The number of nitriles is 1. The van der Waals surface area contributed by atoms with Gasteiger partial charge in [0.25, 0.3) is 0 Å². The lowest BCUT2D eigenvalue weighted by molar-refractivity contribution is -0.137. The number of hydrogen-bond acceptors (Lipinski definition) is 6. The zero-order valence-electron chi connectivity index (χ0n) is 13.0. The molecule has 2 atom stereocenters. The standard InChI is InChI=1S/C14H13ClF3N7/c1-2-20-12-8(14(16,17)18)5-21-13(23-12)22-9-6-25(24-11(9)15)10-3-7(10)4-19/h5-7,10H,2-3H2,1H3,(H2,20,21,22,23)/t7-,10-/m1/s1. The maximum absolute atomic E-state index is 13.0. The molecule has 2 N–H and O–H groups in total. The molecule has 11 heteroatoms. The van der Waals surface area contributed by atoms with Crippen LogP contribution in [0.5, 0.6) is 0 Å². The van der Waals surface area contributed by atoms with Gasteiger partial charge in [0.1, 0.15) is 11.4 Å². The second-order valence-electron chi connectivity index (χ2n) is 5.46. The lowest BCUT2D eigenvalue weighted by atomic mass is 10.3. The van der Waals surface area contributed by atoms with Gasteiger partial charge >= 0.3 is 6.18 Å². The van der Waals surface area contributed by atoms with Crippen LogP contribution in [0.1, 0.15) is 24.9 Å². The van der Waals surface area contributed by atoms with Crippen LogP contribution in [-0.2, 0) is 6.18 Å². The van der Waals surface area contributed by atoms with Crippen LogP contribution >= 0.6 is 11.6 Å². The number of anilines is 3. The van der Waals surface area contributed by atoms with Gasteiger partial charge in [0.2, 0.25) is 5.95 Å². The molecule has 1 fully saturated rings. The highest BCUT2D eigenvalue weighted by molar-refractivity contribution is 6.32. The Morgan fingerprint density at radius 3 is 2.84 bits per heavy atom. The summed E-state index contributed by atoms with van der Waals surface area (Å²) in [4.78, 5) is 7.56. The van der Waals surface area contributed by atoms with Crippen LogP contribution in [0.15, 0.2) is 12.4 Å². The van der Waals surface area contributed by atoms with E-state index in [1.807, 2.05) is 0 Å². The summed E-state index contributed by atoms with van der Waals surface area (Å²) >= 11 is 6.03. The fraction of sp³-hybridized carbons (Fsp3) is 0.429. The number of halogens is 4. The summed E-state index contributed by atoms with van der Waals surface area (Å²) in [5.41, 5.74) is -0.594. The number of nitrogens with one attached hydrogen (secondary N) is 2. The minimum Gasteiger partial charge on any atom is -0.370 e. The van der Waals surface area contributed by atoms with E-state index in [-0.39, 0.29) is 35.4 Å². The minimum absolute atomic E-state index is 0.0381. The largest absolute Gasteiger partial charge is 0.421 e. The van der Waals surface area contributed by atoms with E-state index >= 15 is 0 Å². The Balaban J connectivity index is 1.84. The number of aromatic nitrogens is 4. The van der Waals surface area contributed by atoms with E-state index in [1.54, 1.807) is 17.8 Å². The summed E-state index contributed by atoms with van der Waals surface area (Å²) < 4.78 is 40.5. The van der Waals surface area contributed by atoms with Crippen molar-refractivity contribution in [2.75, 3.05) is 17.2 Å². The first-order valence-corrected chi connectivity index (χ1v) is 7.80. The molecular formula is C14H13ClF3N7. The van der Waals surface area contributed by atoms with E-state index in [0.29, 0.717) is 18.3 Å². The van der Waals surface area contributed by atoms with Gasteiger partial charge in [-0.15, -0.1) is 0 Å². The van der Waals surface area contributed by atoms with E-state index in [2.05, 4.69) is 31.8 Å². The lowest BCUT2D eigenvalue weighted by Crippen LogP contribution is -2.14. The van der Waals surface area contributed by atoms with Gasteiger partial charge < -0.3 is 10.6 Å². The number of nitrogens with zero attached hydrogens (tertiary/aromatic N) is 5. The van der Waals surface area contributed by atoms with Gasteiger partial charge in [-0.25, -0.2) is 4.98 Å². The average Bonchev–Trinajstić information content (AvgIpc) is 3.24. The SMILES string of the molecule is CCNc1nc(Nc2cn([C@@H]3C[C@@H]3C#N)nc2Cl)ncc1C(F)(F)F. The maximum Gasteiger partial charge on any atom is 0.421 e. The molecular weight excluding hydrogens is 359 g/mol. The van der Waals surface area contributed by atoms with Crippen LogP contribution in [0.4, 0.5) is 30.6 Å². The summed E-state index contributed by atoms with van der Waals surface area (Å²) in [6.07, 6.45) is -1.58. The number of alkyl halides is 3. The van der Waals surface area contributed by atoms with Crippen molar-refractivity contribution < 1.29 is 13.2 Å². The highest BCUT2D eigenvalue weighted by Gasteiger charge is 2.40. The Labute approximate surface area is 145 Å². The van der Waals surface area contributed by atoms with Gasteiger partial charge in [-0.3, -0.25) is 4.68 Å². The normalized spacial score (nSPS) is 19.4. The molecule has 2 heterocycles. The number of rotatable bonds is 5. The van der Waals surface area contributed by atoms with Crippen molar-refractivity contribution in [2.24, 2.45) is 5.92 Å². The van der Waals surface area contributed by atoms with E-state index in [1.165, 1.54) is 0 Å². The van der Waals surface area contributed by atoms with Crippen molar-refractivity contribution in [3.8, 4) is 6.07 Å². The molecule has 1 aliphatic rings. The Kier molecular flexibility index (Phi) is 4.43. The molecule has 0 spiro atoms. The molecule has 3 rings (SSSR count). The molecule has 1 saturated carbocycles. The first-order chi connectivity index (χ1) is 11.8. The second kappa shape index (κ2) is 6.40. The molecule has 0 aliphatic heterocycles. The molecule has 0 radical (unpaired) electrons. The van der Waals surface area contributed by atoms with Gasteiger partial charge in [-0.1, -0.05) is 11.6 Å². The smallest absolute Gasteiger partial charge is 0.370 e. The van der Waals surface area contributed by atoms with Gasteiger partial charge in [0.15, 0.2) is 5.15 Å². The summed E-state index contributed by atoms with van der Waals surface area (Å²) in [5.74, 6) is -0.465. The van der Waals surface area contributed by atoms with Crippen molar-refractivity contribution in [2.45, 2.75) is 25.6 Å². The van der Waals surface area contributed by atoms with E-state index in [4.69, 9.17) is 16.9 Å². The minimum atomic E-state index is -4.56. The Morgan fingerprint density at radius 1 is 1.48 bits per heavy atom. The van der Waals surface area contributed by atoms with E-state index < -0.39 is 11.7 Å². The zero-order chi connectivity index (χ0) is 18.2. The van der Waals surface area contributed by atoms with Gasteiger partial charge in [0, 0.05) is 12.7 Å². The van der Waals surface area contributed by atoms with Gasteiger partial charge in [-0.05, 0) is 13.3 Å². The predicted octanol–water partition coefficient (Wildman–Crippen LogP) is 3.61. The summed E-state index contributed by atoms with van der Waals surface area (Å²) in [6, 6.07) is 2.11. The Bertz CT molecular complexity index is 827. The third-order valence-corrected chi connectivity index (χ3v) is 3.91. The molecule has 1 aliphatic carbocycles. The van der Waals surface area contributed by atoms with E-state index in [0.717, 1.165) is 0 Å². The lowest BCUT2D eigenvalue weighted by Gasteiger charge is -2.13. The van der Waals surface area contributed by atoms with Crippen molar-refractivity contribution in [3.63, 3.8) is 0 Å². The fourth-order valence-electron chi connectivity index (χ4n) is 2.31. The molecule has 0 saturated heterocycles. The van der Waals surface area contributed by atoms with Crippen molar-refractivity contribution in [3.05, 3.63) is 23.1 Å². The topological polar surface area (TPSA) is 91.5 Å². The summed E-state index contributed by atoms with van der Waals surface area (Å²) in [7, 11) is 0. The van der Waals surface area contributed by atoms with Crippen molar-refractivity contribution in [1.29, 1.82) is 5.26 Å². The van der Waals surface area contributed by atoms with E-state index in [9.17, 15) is 13.2 Å². The first-order valence-electron chi connectivity index (χ1n) is 7.43. The second-order valence-corrected chi connectivity index (χ2v) is 5.82. The molecule has 0 aromatic carbocycles. The van der Waals surface area contributed by atoms with Crippen LogP contribution < -0.4 is 10.6 Å². The van der Waals surface area contributed by atoms with Crippen LogP contribution in [-0.4, -0.2) is 26.3 Å². The fourth-order valence-corrected chi connectivity index (χ4v) is 2.49. The van der Waals surface area contributed by atoms with Crippen molar-refractivity contribution >= 4 is 29.1 Å². The molecule has 25 heavy (non-hydrogen) atoms. The molecule has 0 bridgehead atoms. The van der Waals surface area contributed by atoms with Crippen molar-refractivity contribution in [1.82, 2.24) is 19.7 Å². The van der Waals surface area contributed by atoms with Gasteiger partial charge in [0.05, 0.1) is 29.9 Å². The molecule has 2 aromatic heterocycles. The van der Waals surface area contributed by atoms with Crippen LogP contribution in [0.3, 0.4) is 0 Å². The Hall–Kier alpha value is -2.54. The number of hydrogen-bond donors (Lipinski definition) is 2. The third-order valence-electron chi connectivity index (χ3n) is 3.63. The zero-order valence-corrected chi connectivity index (χ0v) is 13.7. The molecule has 0 unspecified atom stereocenters. The monoisotopic (exact) mass is 371 g/mol. The van der Waals surface area contributed by atoms with Crippen LogP contribution in [0.25, 0.3) is 0 Å². The average molecular weight is 372 g/mol. The first kappa shape index (κ1) is 17.3. The Morgan fingerprint density at radius 2 is 2.24 bits per heavy atom. The van der Waals surface area contributed by atoms with Crippen LogP contribution in [0, 0.1) is 17.2 Å². The highest BCUT2D eigenvalue weighted by atomic mass is 35.5. The molecule has 2 aromatic rings. The molecule has 132 valence electrons. The highest BCUT2D eigenvalue weighted by Crippen LogP contribution is 2.43. The summed E-state index contributed by atoms with van der Waals surface area (Å²) in [5, 5.41) is 18.4. The summed E-state index contributed by atoms with van der Waals surface area (Å²) in [6.45, 7) is 1.94. The molecule has 0 amide bonds. The predicted molar refractivity (Wildman–Crippen MR) is 84.5 cm³/mol.